The van der Waals surface area contributed by atoms with Gasteiger partial charge in [0.05, 0.1) is 17.2 Å². The van der Waals surface area contributed by atoms with Gasteiger partial charge in [0.15, 0.2) is 6.61 Å². The molecule has 10 heteroatoms. The summed E-state index contributed by atoms with van der Waals surface area (Å²) in [5.74, 6) is -1.66. The lowest BCUT2D eigenvalue weighted by molar-refractivity contribution is -0.384. The lowest BCUT2D eigenvalue weighted by Gasteiger charge is -2.09. The molecule has 0 atom stereocenters. The van der Waals surface area contributed by atoms with Gasteiger partial charge in [0.1, 0.15) is 11.6 Å². The number of benzene rings is 2. The SMILES string of the molecule is Cc1cc(OCCCC(=O)OCC(=O)Nc2cc([N+](=O)[O-])ccc2F)ccc1Cl. The van der Waals surface area contributed by atoms with Crippen molar-refractivity contribution in [3.05, 3.63) is 62.9 Å². The maximum absolute atomic E-state index is 13.6. The first-order valence-corrected chi connectivity index (χ1v) is 8.92. The molecule has 0 radical (unpaired) electrons. The molecule has 1 N–H and O–H groups in total. The summed E-state index contributed by atoms with van der Waals surface area (Å²) in [5, 5.41) is 13.5. The Bertz CT molecular complexity index is 922. The molecule has 0 fully saturated rings. The second kappa shape index (κ2) is 10.4. The van der Waals surface area contributed by atoms with Gasteiger partial charge in [-0.25, -0.2) is 4.39 Å². The van der Waals surface area contributed by atoms with Crippen LogP contribution in [0.25, 0.3) is 0 Å². The number of ether oxygens (including phenoxy) is 2. The molecule has 154 valence electrons. The van der Waals surface area contributed by atoms with Crippen LogP contribution in [-0.2, 0) is 14.3 Å². The summed E-state index contributed by atoms with van der Waals surface area (Å²) in [6.45, 7) is 1.47. The van der Waals surface area contributed by atoms with E-state index in [4.69, 9.17) is 21.1 Å². The number of carbonyl (C=O) groups is 2. The predicted octanol–water partition coefficient (Wildman–Crippen LogP) is 4.04. The van der Waals surface area contributed by atoms with Crippen LogP contribution < -0.4 is 10.1 Å². The number of nitro benzene ring substituents is 1. The monoisotopic (exact) mass is 424 g/mol. The molecule has 1 amide bonds. The lowest BCUT2D eigenvalue weighted by Crippen LogP contribution is -2.21. The molecule has 2 aromatic carbocycles. The van der Waals surface area contributed by atoms with Gasteiger partial charge < -0.3 is 14.8 Å². The Balaban J connectivity index is 1.70. The zero-order valence-corrected chi connectivity index (χ0v) is 16.2. The van der Waals surface area contributed by atoms with Crippen LogP contribution in [0.5, 0.6) is 5.75 Å². The molecule has 0 bridgehead atoms. The van der Waals surface area contributed by atoms with Crippen LogP contribution in [-0.4, -0.2) is 30.0 Å². The van der Waals surface area contributed by atoms with E-state index < -0.39 is 29.2 Å². The summed E-state index contributed by atoms with van der Waals surface area (Å²) >= 11 is 5.92. The van der Waals surface area contributed by atoms with Crippen LogP contribution in [0.2, 0.25) is 5.02 Å². The van der Waals surface area contributed by atoms with Crippen LogP contribution >= 0.6 is 11.6 Å². The maximum Gasteiger partial charge on any atom is 0.306 e. The van der Waals surface area contributed by atoms with Crippen molar-refractivity contribution in [1.29, 1.82) is 0 Å². The van der Waals surface area contributed by atoms with Gasteiger partial charge >= 0.3 is 5.97 Å². The van der Waals surface area contributed by atoms with E-state index in [0.717, 1.165) is 23.8 Å². The predicted molar refractivity (Wildman–Crippen MR) is 104 cm³/mol. The minimum absolute atomic E-state index is 0.0189. The van der Waals surface area contributed by atoms with E-state index in [0.29, 0.717) is 17.2 Å². The van der Waals surface area contributed by atoms with E-state index in [1.165, 1.54) is 0 Å². The van der Waals surface area contributed by atoms with Crippen molar-refractivity contribution >= 4 is 34.9 Å². The number of hydrogen-bond acceptors (Lipinski definition) is 6. The number of anilines is 1. The zero-order valence-electron chi connectivity index (χ0n) is 15.4. The topological polar surface area (TPSA) is 108 Å². The Hall–Kier alpha value is -3.20. The molecular formula is C19H18ClFN2O6. The highest BCUT2D eigenvalue weighted by Gasteiger charge is 2.14. The standard InChI is InChI=1S/C19H18ClFN2O6/c1-12-9-14(5-6-15(12)20)28-8-2-3-19(25)29-11-18(24)22-17-10-13(23(26)27)4-7-16(17)21/h4-7,9-10H,2-3,8,11H2,1H3,(H,22,24). The quantitative estimate of drug-likeness (QED) is 0.282. The third kappa shape index (κ3) is 7.04. The third-order valence-electron chi connectivity index (χ3n) is 3.72. The smallest absolute Gasteiger partial charge is 0.306 e. The summed E-state index contributed by atoms with van der Waals surface area (Å²) in [5.41, 5.74) is 0.122. The van der Waals surface area contributed by atoms with Crippen molar-refractivity contribution < 1.29 is 28.4 Å². The van der Waals surface area contributed by atoms with Gasteiger partial charge in [-0.3, -0.25) is 19.7 Å². The molecular weight excluding hydrogens is 407 g/mol. The highest BCUT2D eigenvalue weighted by Crippen LogP contribution is 2.22. The fourth-order valence-electron chi connectivity index (χ4n) is 2.24. The van der Waals surface area contributed by atoms with E-state index in [9.17, 15) is 24.1 Å². The van der Waals surface area contributed by atoms with Crippen molar-refractivity contribution in [2.75, 3.05) is 18.5 Å². The number of non-ortho nitro benzene ring substituents is 1. The number of halogens is 2. The summed E-state index contributed by atoms with van der Waals surface area (Å²) in [4.78, 5) is 33.4. The van der Waals surface area contributed by atoms with Crippen LogP contribution in [0.4, 0.5) is 15.8 Å². The van der Waals surface area contributed by atoms with E-state index in [-0.39, 0.29) is 24.4 Å². The van der Waals surface area contributed by atoms with E-state index in [1.807, 2.05) is 6.92 Å². The number of amides is 1. The van der Waals surface area contributed by atoms with Gasteiger partial charge in [0, 0.05) is 23.6 Å². The first-order valence-electron chi connectivity index (χ1n) is 8.54. The zero-order chi connectivity index (χ0) is 21.4. The highest BCUT2D eigenvalue weighted by molar-refractivity contribution is 6.31. The summed E-state index contributed by atoms with van der Waals surface area (Å²) < 4.78 is 23.9. The average molecular weight is 425 g/mol. The molecule has 0 aliphatic heterocycles. The van der Waals surface area contributed by atoms with Crippen LogP contribution in [0.3, 0.4) is 0 Å². The second-order valence-electron chi connectivity index (χ2n) is 5.99. The van der Waals surface area contributed by atoms with Crippen LogP contribution in [0.1, 0.15) is 18.4 Å². The van der Waals surface area contributed by atoms with Crippen molar-refractivity contribution in [3.8, 4) is 5.75 Å². The van der Waals surface area contributed by atoms with E-state index in [2.05, 4.69) is 5.32 Å². The number of nitrogens with one attached hydrogen (secondary N) is 1. The number of hydrogen-bond donors (Lipinski definition) is 1. The van der Waals surface area contributed by atoms with E-state index >= 15 is 0 Å². The number of nitro groups is 1. The normalized spacial score (nSPS) is 10.3. The molecule has 2 aromatic rings. The van der Waals surface area contributed by atoms with Gasteiger partial charge in [-0.2, -0.15) is 0 Å². The molecule has 0 heterocycles. The summed E-state index contributed by atoms with van der Waals surface area (Å²) in [6.07, 6.45) is 0.382. The third-order valence-corrected chi connectivity index (χ3v) is 4.15. The number of aryl methyl sites for hydroxylation is 1. The molecule has 0 saturated heterocycles. The van der Waals surface area contributed by atoms with Gasteiger partial charge in [-0.1, -0.05) is 11.6 Å². The van der Waals surface area contributed by atoms with Crippen LogP contribution in [0, 0.1) is 22.9 Å². The van der Waals surface area contributed by atoms with Gasteiger partial charge in [-0.05, 0) is 43.2 Å². The summed E-state index contributed by atoms with van der Waals surface area (Å²) in [7, 11) is 0. The molecule has 2 rings (SSSR count). The molecule has 0 saturated carbocycles. The fourth-order valence-corrected chi connectivity index (χ4v) is 2.36. The Labute approximate surface area is 170 Å². The maximum atomic E-state index is 13.6. The van der Waals surface area contributed by atoms with Crippen molar-refractivity contribution in [1.82, 2.24) is 0 Å². The Morgan fingerprint density at radius 2 is 2.00 bits per heavy atom. The minimum atomic E-state index is -0.843. The molecule has 29 heavy (non-hydrogen) atoms. The molecule has 0 aliphatic rings. The number of esters is 1. The molecule has 0 spiro atoms. The average Bonchev–Trinajstić information content (AvgIpc) is 2.68. The van der Waals surface area contributed by atoms with Gasteiger partial charge in [0.2, 0.25) is 0 Å². The largest absolute Gasteiger partial charge is 0.494 e. The van der Waals surface area contributed by atoms with Gasteiger partial charge in [0.25, 0.3) is 11.6 Å². The highest BCUT2D eigenvalue weighted by atomic mass is 35.5. The Morgan fingerprint density at radius 3 is 2.69 bits per heavy atom. The van der Waals surface area contributed by atoms with Crippen molar-refractivity contribution in [2.24, 2.45) is 0 Å². The molecule has 0 aliphatic carbocycles. The number of rotatable bonds is 9. The fraction of sp³-hybridized carbons (Fsp3) is 0.263. The Morgan fingerprint density at radius 1 is 1.24 bits per heavy atom. The van der Waals surface area contributed by atoms with Crippen LogP contribution in [0.15, 0.2) is 36.4 Å². The number of carbonyl (C=O) groups excluding carboxylic acids is 2. The lowest BCUT2D eigenvalue weighted by atomic mass is 10.2. The van der Waals surface area contributed by atoms with Crippen molar-refractivity contribution in [3.63, 3.8) is 0 Å². The summed E-state index contributed by atoms with van der Waals surface area (Å²) in [6, 6.07) is 7.91. The first-order chi connectivity index (χ1) is 13.8. The molecule has 0 unspecified atom stereocenters. The minimum Gasteiger partial charge on any atom is -0.494 e. The first kappa shape index (κ1) is 22.1. The second-order valence-corrected chi connectivity index (χ2v) is 6.40. The van der Waals surface area contributed by atoms with Gasteiger partial charge in [-0.15, -0.1) is 0 Å². The van der Waals surface area contributed by atoms with Crippen molar-refractivity contribution in [2.45, 2.75) is 19.8 Å². The molecule has 0 aromatic heterocycles. The Kier molecular flexibility index (Phi) is 7.90. The molecule has 8 nitrogen and oxygen atoms in total. The van der Waals surface area contributed by atoms with E-state index in [1.54, 1.807) is 18.2 Å². The number of nitrogens with zero attached hydrogens (tertiary/aromatic N) is 1.